The first-order valence-corrected chi connectivity index (χ1v) is 7.72. The Morgan fingerprint density at radius 1 is 1.20 bits per heavy atom. The summed E-state index contributed by atoms with van der Waals surface area (Å²) in [6.07, 6.45) is 3.15. The summed E-state index contributed by atoms with van der Waals surface area (Å²) >= 11 is 0. The monoisotopic (exact) mass is 274 g/mol. The third-order valence-electron chi connectivity index (χ3n) is 3.85. The number of hydrogen-bond acceptors (Lipinski definition) is 2. The molecule has 1 heterocycles. The highest BCUT2D eigenvalue weighted by Gasteiger charge is 2.23. The van der Waals surface area contributed by atoms with Gasteiger partial charge in [0.25, 0.3) is 0 Å². The van der Waals surface area contributed by atoms with Crippen molar-refractivity contribution in [3.8, 4) is 0 Å². The minimum absolute atomic E-state index is 0.167. The van der Waals surface area contributed by atoms with Gasteiger partial charge in [0.1, 0.15) is 0 Å². The maximum Gasteiger partial charge on any atom is 0.220 e. The van der Waals surface area contributed by atoms with E-state index in [1.54, 1.807) is 0 Å². The smallest absolute Gasteiger partial charge is 0.220 e. The van der Waals surface area contributed by atoms with Crippen LogP contribution in [0.4, 0.5) is 0 Å². The third-order valence-corrected chi connectivity index (χ3v) is 3.85. The molecule has 110 valence electrons. The van der Waals surface area contributed by atoms with E-state index in [9.17, 15) is 4.79 Å². The van der Waals surface area contributed by atoms with Crippen LogP contribution in [0.25, 0.3) is 0 Å². The number of amides is 1. The van der Waals surface area contributed by atoms with Crippen LogP contribution in [0, 0.1) is 5.92 Å². The molecule has 1 aromatic rings. The van der Waals surface area contributed by atoms with Crippen LogP contribution < -0.4 is 5.32 Å². The highest BCUT2D eigenvalue weighted by molar-refractivity contribution is 5.76. The van der Waals surface area contributed by atoms with E-state index in [4.69, 9.17) is 0 Å². The molecular formula is C17H26N2O. The SMILES string of the molecule is CC(C)CC(=O)NCC(c1ccccc1)N1CCCC1. The highest BCUT2D eigenvalue weighted by Crippen LogP contribution is 2.24. The van der Waals surface area contributed by atoms with Crippen LogP contribution in [-0.4, -0.2) is 30.4 Å². The molecule has 3 heteroatoms. The van der Waals surface area contributed by atoms with Crippen LogP contribution in [0.5, 0.6) is 0 Å². The molecule has 0 aromatic heterocycles. The van der Waals surface area contributed by atoms with Crippen LogP contribution in [0.2, 0.25) is 0 Å². The predicted molar refractivity (Wildman–Crippen MR) is 82.5 cm³/mol. The number of carbonyl (C=O) groups excluding carboxylic acids is 1. The molecule has 20 heavy (non-hydrogen) atoms. The van der Waals surface area contributed by atoms with Crippen molar-refractivity contribution in [1.29, 1.82) is 0 Å². The van der Waals surface area contributed by atoms with Crippen LogP contribution >= 0.6 is 0 Å². The van der Waals surface area contributed by atoms with Gasteiger partial charge < -0.3 is 5.32 Å². The molecule has 0 aliphatic carbocycles. The molecule has 0 saturated carbocycles. The first kappa shape index (κ1) is 15.0. The van der Waals surface area contributed by atoms with Gasteiger partial charge in [-0.15, -0.1) is 0 Å². The number of nitrogens with one attached hydrogen (secondary N) is 1. The van der Waals surface area contributed by atoms with Gasteiger partial charge in [0.2, 0.25) is 5.91 Å². The molecule has 1 atom stereocenters. The van der Waals surface area contributed by atoms with E-state index in [2.05, 4.69) is 48.3 Å². The van der Waals surface area contributed by atoms with E-state index < -0.39 is 0 Å². The number of hydrogen-bond donors (Lipinski definition) is 1. The molecule has 0 radical (unpaired) electrons. The quantitative estimate of drug-likeness (QED) is 0.865. The number of benzene rings is 1. The Hall–Kier alpha value is -1.35. The fourth-order valence-electron chi connectivity index (χ4n) is 2.84. The van der Waals surface area contributed by atoms with Gasteiger partial charge in [-0.25, -0.2) is 0 Å². The molecule has 1 aliphatic rings. The van der Waals surface area contributed by atoms with E-state index >= 15 is 0 Å². The second-order valence-corrected chi connectivity index (χ2v) is 6.07. The first-order valence-electron chi connectivity index (χ1n) is 7.72. The number of carbonyl (C=O) groups is 1. The second-order valence-electron chi connectivity index (χ2n) is 6.07. The second kappa shape index (κ2) is 7.44. The topological polar surface area (TPSA) is 32.3 Å². The summed E-state index contributed by atoms with van der Waals surface area (Å²) in [5.74, 6) is 0.581. The summed E-state index contributed by atoms with van der Waals surface area (Å²) in [6.45, 7) is 7.15. The lowest BCUT2D eigenvalue weighted by atomic mass is 10.1. The average molecular weight is 274 g/mol. The normalized spacial score (nSPS) is 17.4. The molecule has 0 spiro atoms. The highest BCUT2D eigenvalue weighted by atomic mass is 16.1. The Morgan fingerprint density at radius 2 is 1.85 bits per heavy atom. The van der Waals surface area contributed by atoms with Crippen molar-refractivity contribution < 1.29 is 4.79 Å². The zero-order valence-corrected chi connectivity index (χ0v) is 12.6. The zero-order chi connectivity index (χ0) is 14.4. The summed E-state index contributed by atoms with van der Waals surface area (Å²) in [7, 11) is 0. The van der Waals surface area contributed by atoms with E-state index in [1.807, 2.05) is 6.07 Å². The molecule has 1 fully saturated rings. The maximum absolute atomic E-state index is 11.9. The van der Waals surface area contributed by atoms with E-state index in [-0.39, 0.29) is 5.91 Å². The fourth-order valence-corrected chi connectivity index (χ4v) is 2.84. The van der Waals surface area contributed by atoms with Crippen molar-refractivity contribution in [2.75, 3.05) is 19.6 Å². The molecule has 1 aliphatic heterocycles. The van der Waals surface area contributed by atoms with Crippen molar-refractivity contribution in [3.63, 3.8) is 0 Å². The molecule has 1 N–H and O–H groups in total. The molecular weight excluding hydrogens is 248 g/mol. The molecule has 1 saturated heterocycles. The van der Waals surface area contributed by atoms with Gasteiger partial charge >= 0.3 is 0 Å². The van der Waals surface area contributed by atoms with Gasteiger partial charge in [0.15, 0.2) is 0 Å². The van der Waals surface area contributed by atoms with Gasteiger partial charge in [0, 0.05) is 13.0 Å². The van der Waals surface area contributed by atoms with Gasteiger partial charge in [0.05, 0.1) is 6.04 Å². The van der Waals surface area contributed by atoms with Crippen molar-refractivity contribution in [2.45, 2.75) is 39.2 Å². The van der Waals surface area contributed by atoms with Gasteiger partial charge in [-0.05, 0) is 37.4 Å². The predicted octanol–water partition coefficient (Wildman–Crippen LogP) is 2.99. The minimum Gasteiger partial charge on any atom is -0.354 e. The molecule has 1 aromatic carbocycles. The van der Waals surface area contributed by atoms with Gasteiger partial charge in [-0.2, -0.15) is 0 Å². The van der Waals surface area contributed by atoms with Crippen LogP contribution in [0.3, 0.4) is 0 Å². The Kier molecular flexibility index (Phi) is 5.60. The van der Waals surface area contributed by atoms with Crippen LogP contribution in [0.15, 0.2) is 30.3 Å². The minimum atomic E-state index is 0.167. The lowest BCUT2D eigenvalue weighted by molar-refractivity contribution is -0.122. The Bertz CT molecular complexity index is 410. The summed E-state index contributed by atoms with van der Waals surface area (Å²) in [5.41, 5.74) is 1.30. The number of rotatable bonds is 6. The zero-order valence-electron chi connectivity index (χ0n) is 12.6. The Morgan fingerprint density at radius 3 is 2.45 bits per heavy atom. The van der Waals surface area contributed by atoms with Crippen molar-refractivity contribution in [3.05, 3.63) is 35.9 Å². The van der Waals surface area contributed by atoms with Gasteiger partial charge in [-0.1, -0.05) is 44.2 Å². The largest absolute Gasteiger partial charge is 0.354 e. The standard InChI is InChI=1S/C17H26N2O/c1-14(2)12-17(20)18-13-16(19-10-6-7-11-19)15-8-4-3-5-9-15/h3-5,8-9,14,16H,6-7,10-13H2,1-2H3,(H,18,20). The lowest BCUT2D eigenvalue weighted by Gasteiger charge is -2.28. The van der Waals surface area contributed by atoms with E-state index in [0.717, 1.165) is 19.6 Å². The van der Waals surface area contributed by atoms with Crippen LogP contribution in [0.1, 0.15) is 44.7 Å². The summed E-state index contributed by atoms with van der Waals surface area (Å²) < 4.78 is 0. The van der Waals surface area contributed by atoms with Crippen LogP contribution in [-0.2, 0) is 4.79 Å². The Balaban J connectivity index is 1.98. The average Bonchev–Trinajstić information content (AvgIpc) is 2.93. The molecule has 1 amide bonds. The first-order chi connectivity index (χ1) is 9.66. The number of nitrogens with zero attached hydrogens (tertiary/aromatic N) is 1. The van der Waals surface area contributed by atoms with E-state index in [1.165, 1.54) is 18.4 Å². The summed E-state index contributed by atoms with van der Waals surface area (Å²) in [5, 5.41) is 3.11. The third kappa shape index (κ3) is 4.34. The van der Waals surface area contributed by atoms with E-state index in [0.29, 0.717) is 18.4 Å². The Labute approximate surface area is 122 Å². The fraction of sp³-hybridized carbons (Fsp3) is 0.588. The molecule has 0 bridgehead atoms. The maximum atomic E-state index is 11.9. The molecule has 1 unspecified atom stereocenters. The van der Waals surface area contributed by atoms with Crippen molar-refractivity contribution in [2.24, 2.45) is 5.92 Å². The van der Waals surface area contributed by atoms with Crippen molar-refractivity contribution in [1.82, 2.24) is 10.2 Å². The number of likely N-dealkylation sites (tertiary alicyclic amines) is 1. The summed E-state index contributed by atoms with van der Waals surface area (Å²) in [4.78, 5) is 14.4. The van der Waals surface area contributed by atoms with Gasteiger partial charge in [-0.3, -0.25) is 9.69 Å². The molecule has 2 rings (SSSR count). The summed E-state index contributed by atoms with van der Waals surface area (Å²) in [6, 6.07) is 10.8. The lowest BCUT2D eigenvalue weighted by Crippen LogP contribution is -2.37. The van der Waals surface area contributed by atoms with Crippen molar-refractivity contribution >= 4 is 5.91 Å². The molecule has 3 nitrogen and oxygen atoms in total.